The molecule has 2 aromatic rings. The van der Waals surface area contributed by atoms with Crippen molar-refractivity contribution >= 4 is 45.1 Å². The fraction of sp³-hybridized carbons (Fsp3) is 0.292. The number of benzene rings is 2. The van der Waals surface area contributed by atoms with E-state index >= 15 is 0 Å². The lowest BCUT2D eigenvalue weighted by atomic mass is 10.2. The number of ether oxygens (including phenoxy) is 2. The van der Waals surface area contributed by atoms with E-state index in [1.54, 1.807) is 48.5 Å². The summed E-state index contributed by atoms with van der Waals surface area (Å²) in [5.74, 6) is 0.193. The van der Waals surface area contributed by atoms with Crippen molar-refractivity contribution in [1.82, 2.24) is 16.2 Å². The standard InChI is InChI=1S/C24H28BrN3O4S/c1-3-5-6-9-15-32-21-13-12-17(16-19(21)25)22(29)26-24(33)28-27-23(30)18-10-7-8-11-20(18)31-14-4-2/h4,7-8,10-13,16H,2-3,5-6,9,14-15H2,1H3,(H,27,30)(H2,26,28,29,33). The summed E-state index contributed by atoms with van der Waals surface area (Å²) in [7, 11) is 0. The summed E-state index contributed by atoms with van der Waals surface area (Å²) in [5.41, 5.74) is 5.68. The Morgan fingerprint density at radius 2 is 1.82 bits per heavy atom. The van der Waals surface area contributed by atoms with Crippen LogP contribution >= 0.6 is 28.1 Å². The second kappa shape index (κ2) is 14.3. The van der Waals surface area contributed by atoms with Crippen LogP contribution in [-0.2, 0) is 0 Å². The van der Waals surface area contributed by atoms with Gasteiger partial charge in [-0.25, -0.2) is 0 Å². The molecule has 2 aromatic carbocycles. The highest BCUT2D eigenvalue weighted by Crippen LogP contribution is 2.26. The molecule has 0 atom stereocenters. The van der Waals surface area contributed by atoms with E-state index in [4.69, 9.17) is 21.7 Å². The lowest BCUT2D eigenvalue weighted by Crippen LogP contribution is -2.48. The van der Waals surface area contributed by atoms with Gasteiger partial charge in [-0.15, -0.1) is 0 Å². The first-order chi connectivity index (χ1) is 16.0. The number of rotatable bonds is 11. The minimum Gasteiger partial charge on any atom is -0.492 e. The molecule has 0 fully saturated rings. The van der Waals surface area contributed by atoms with Crippen LogP contribution in [0.1, 0.15) is 53.3 Å². The van der Waals surface area contributed by atoms with Gasteiger partial charge in [0.2, 0.25) is 0 Å². The molecule has 33 heavy (non-hydrogen) atoms. The quantitative estimate of drug-likeness (QED) is 0.164. The maximum atomic E-state index is 12.5. The van der Waals surface area contributed by atoms with E-state index in [1.165, 1.54) is 12.8 Å². The molecule has 0 spiro atoms. The number of unbranched alkanes of at least 4 members (excludes halogenated alkanes) is 3. The van der Waals surface area contributed by atoms with Gasteiger partial charge >= 0.3 is 0 Å². The summed E-state index contributed by atoms with van der Waals surface area (Å²) in [6, 6.07) is 11.8. The maximum Gasteiger partial charge on any atom is 0.273 e. The number of carbonyl (C=O) groups excluding carboxylic acids is 2. The second-order valence-electron chi connectivity index (χ2n) is 7.01. The van der Waals surface area contributed by atoms with E-state index in [9.17, 15) is 9.59 Å². The number of hydrazine groups is 1. The highest BCUT2D eigenvalue weighted by Gasteiger charge is 2.14. The van der Waals surface area contributed by atoms with Crippen molar-refractivity contribution in [3.63, 3.8) is 0 Å². The Morgan fingerprint density at radius 3 is 2.55 bits per heavy atom. The smallest absolute Gasteiger partial charge is 0.273 e. The summed E-state index contributed by atoms with van der Waals surface area (Å²) >= 11 is 8.55. The van der Waals surface area contributed by atoms with Crippen LogP contribution in [0, 0.1) is 0 Å². The van der Waals surface area contributed by atoms with Crippen LogP contribution in [0.4, 0.5) is 0 Å². The molecular formula is C24H28BrN3O4S. The Kier molecular flexibility index (Phi) is 11.4. The van der Waals surface area contributed by atoms with Crippen LogP contribution in [0.2, 0.25) is 0 Å². The highest BCUT2D eigenvalue weighted by atomic mass is 79.9. The van der Waals surface area contributed by atoms with Gasteiger partial charge in [0.25, 0.3) is 11.8 Å². The van der Waals surface area contributed by atoms with E-state index < -0.39 is 11.8 Å². The van der Waals surface area contributed by atoms with Crippen LogP contribution in [0.15, 0.2) is 59.6 Å². The Bertz CT molecular complexity index is 984. The second-order valence-corrected chi connectivity index (χ2v) is 8.28. The summed E-state index contributed by atoms with van der Waals surface area (Å²) in [6.07, 6.45) is 6.06. The van der Waals surface area contributed by atoms with Crippen molar-refractivity contribution in [2.75, 3.05) is 13.2 Å². The molecule has 0 aliphatic heterocycles. The zero-order valence-corrected chi connectivity index (χ0v) is 20.9. The van der Waals surface area contributed by atoms with Gasteiger partial charge in [0, 0.05) is 5.56 Å². The molecule has 0 aliphatic carbocycles. The molecule has 0 unspecified atom stereocenters. The number of carbonyl (C=O) groups is 2. The van der Waals surface area contributed by atoms with Crippen LogP contribution in [0.25, 0.3) is 0 Å². The number of para-hydroxylation sites is 1. The normalized spacial score (nSPS) is 10.1. The molecular weight excluding hydrogens is 506 g/mol. The molecule has 176 valence electrons. The van der Waals surface area contributed by atoms with Gasteiger partial charge in [0.05, 0.1) is 16.6 Å². The van der Waals surface area contributed by atoms with Gasteiger partial charge in [-0.1, -0.05) is 51.0 Å². The van der Waals surface area contributed by atoms with Crippen LogP contribution in [0.5, 0.6) is 11.5 Å². The minimum absolute atomic E-state index is 0.0507. The molecule has 0 aromatic heterocycles. The lowest BCUT2D eigenvalue weighted by molar-refractivity contribution is 0.0931. The fourth-order valence-corrected chi connectivity index (χ4v) is 3.42. The first-order valence-corrected chi connectivity index (χ1v) is 11.8. The number of thiocarbonyl (C=S) groups is 1. The summed E-state index contributed by atoms with van der Waals surface area (Å²) in [4.78, 5) is 24.9. The van der Waals surface area contributed by atoms with Crippen molar-refractivity contribution in [2.45, 2.75) is 32.6 Å². The molecule has 0 aliphatic rings. The molecule has 0 bridgehead atoms. The van der Waals surface area contributed by atoms with Gasteiger partial charge < -0.3 is 9.47 Å². The predicted octanol–water partition coefficient (Wildman–Crippen LogP) is 4.92. The summed E-state index contributed by atoms with van der Waals surface area (Å²) < 4.78 is 11.9. The first kappa shape index (κ1) is 26.3. The third-order valence-electron chi connectivity index (χ3n) is 4.45. The summed E-state index contributed by atoms with van der Waals surface area (Å²) in [6.45, 7) is 6.65. The van der Waals surface area contributed by atoms with Gasteiger partial charge in [-0.2, -0.15) is 0 Å². The van der Waals surface area contributed by atoms with Gasteiger partial charge in [0.15, 0.2) is 5.11 Å². The highest BCUT2D eigenvalue weighted by molar-refractivity contribution is 9.10. The largest absolute Gasteiger partial charge is 0.492 e. The average molecular weight is 534 g/mol. The van der Waals surface area contributed by atoms with E-state index in [2.05, 4.69) is 45.6 Å². The molecule has 2 rings (SSSR count). The fourth-order valence-electron chi connectivity index (χ4n) is 2.79. The number of amides is 2. The lowest BCUT2D eigenvalue weighted by Gasteiger charge is -2.13. The van der Waals surface area contributed by atoms with Crippen LogP contribution in [-0.4, -0.2) is 30.1 Å². The maximum absolute atomic E-state index is 12.5. The van der Waals surface area contributed by atoms with E-state index in [1.807, 2.05) is 0 Å². The van der Waals surface area contributed by atoms with E-state index in [-0.39, 0.29) is 11.7 Å². The summed E-state index contributed by atoms with van der Waals surface area (Å²) in [5, 5.41) is 2.47. The molecule has 0 heterocycles. The van der Waals surface area contributed by atoms with Gasteiger partial charge in [-0.05, 0) is 64.9 Å². The zero-order valence-electron chi connectivity index (χ0n) is 18.5. The minimum atomic E-state index is -0.463. The van der Waals surface area contributed by atoms with Crippen molar-refractivity contribution in [3.8, 4) is 11.5 Å². The molecule has 0 radical (unpaired) electrons. The SMILES string of the molecule is C=CCOc1ccccc1C(=O)NNC(=S)NC(=O)c1ccc(OCCCCCC)c(Br)c1. The van der Waals surface area contributed by atoms with Crippen LogP contribution in [0.3, 0.4) is 0 Å². The first-order valence-electron chi connectivity index (χ1n) is 10.6. The number of nitrogens with one attached hydrogen (secondary N) is 3. The van der Waals surface area contributed by atoms with Crippen LogP contribution < -0.4 is 25.6 Å². The van der Waals surface area contributed by atoms with Gasteiger partial charge in [0.1, 0.15) is 18.1 Å². The third-order valence-corrected chi connectivity index (χ3v) is 5.28. The number of hydrogen-bond donors (Lipinski definition) is 3. The van der Waals surface area contributed by atoms with E-state index in [0.29, 0.717) is 33.7 Å². The molecule has 0 saturated carbocycles. The van der Waals surface area contributed by atoms with E-state index in [0.717, 1.165) is 12.8 Å². The molecule has 0 saturated heterocycles. The van der Waals surface area contributed by atoms with Crippen molar-refractivity contribution in [3.05, 3.63) is 70.7 Å². The zero-order chi connectivity index (χ0) is 24.1. The molecule has 2 amide bonds. The molecule has 7 nitrogen and oxygen atoms in total. The van der Waals surface area contributed by atoms with Gasteiger partial charge in [-0.3, -0.25) is 25.8 Å². The number of halogens is 1. The Morgan fingerprint density at radius 1 is 1.03 bits per heavy atom. The van der Waals surface area contributed by atoms with Crippen molar-refractivity contribution in [2.24, 2.45) is 0 Å². The Hall–Kier alpha value is -2.91. The Balaban J connectivity index is 1.85. The molecule has 9 heteroatoms. The number of hydrogen-bond acceptors (Lipinski definition) is 5. The van der Waals surface area contributed by atoms with Crippen molar-refractivity contribution in [1.29, 1.82) is 0 Å². The molecule has 3 N–H and O–H groups in total. The Labute approximate surface area is 208 Å². The van der Waals surface area contributed by atoms with Crippen molar-refractivity contribution < 1.29 is 19.1 Å². The average Bonchev–Trinajstić information content (AvgIpc) is 2.82. The predicted molar refractivity (Wildman–Crippen MR) is 137 cm³/mol. The topological polar surface area (TPSA) is 88.7 Å². The third kappa shape index (κ3) is 8.86. The monoisotopic (exact) mass is 533 g/mol.